The summed E-state index contributed by atoms with van der Waals surface area (Å²) in [6.07, 6.45) is 1.88. The Labute approximate surface area is 152 Å². The van der Waals surface area contributed by atoms with E-state index in [9.17, 15) is 4.39 Å². The van der Waals surface area contributed by atoms with Crippen LogP contribution in [0.3, 0.4) is 0 Å². The zero-order valence-corrected chi connectivity index (χ0v) is 14.8. The Balaban J connectivity index is 1.56. The van der Waals surface area contributed by atoms with Crippen LogP contribution in [-0.4, -0.2) is 28.7 Å². The molecule has 0 bridgehead atoms. The molecule has 0 aliphatic carbocycles. The summed E-state index contributed by atoms with van der Waals surface area (Å²) in [5.74, 6) is 0.302. The second-order valence-electron chi connectivity index (χ2n) is 6.97. The van der Waals surface area contributed by atoms with Crippen molar-refractivity contribution in [3.8, 4) is 0 Å². The maximum absolute atomic E-state index is 13.4. The molecule has 0 spiro atoms. The molecule has 4 rings (SSSR count). The van der Waals surface area contributed by atoms with Gasteiger partial charge in [0, 0.05) is 31.6 Å². The van der Waals surface area contributed by atoms with Crippen molar-refractivity contribution in [3.05, 3.63) is 66.2 Å². The van der Waals surface area contributed by atoms with Crippen LogP contribution in [0.5, 0.6) is 0 Å². The van der Waals surface area contributed by atoms with Gasteiger partial charge in [0.1, 0.15) is 5.82 Å². The smallest absolute Gasteiger partial charge is 0.123 e. The van der Waals surface area contributed by atoms with E-state index in [-0.39, 0.29) is 11.9 Å². The maximum atomic E-state index is 13.4. The number of hydrogen-bond acceptors (Lipinski definition) is 4. The molecule has 2 heterocycles. The van der Waals surface area contributed by atoms with E-state index in [0.29, 0.717) is 12.0 Å². The van der Waals surface area contributed by atoms with E-state index in [1.807, 2.05) is 36.7 Å². The second kappa shape index (κ2) is 7.53. The van der Waals surface area contributed by atoms with Crippen molar-refractivity contribution < 1.29 is 4.39 Å². The molecule has 1 aliphatic rings. The van der Waals surface area contributed by atoms with Crippen molar-refractivity contribution in [1.29, 1.82) is 0 Å². The lowest BCUT2D eigenvalue weighted by Crippen LogP contribution is -2.35. The van der Waals surface area contributed by atoms with Crippen molar-refractivity contribution in [2.45, 2.75) is 25.6 Å². The van der Waals surface area contributed by atoms with Crippen LogP contribution in [-0.2, 0) is 6.54 Å². The molecule has 3 N–H and O–H groups in total. The van der Waals surface area contributed by atoms with Crippen molar-refractivity contribution in [2.24, 2.45) is 5.92 Å². The number of imidazole rings is 1. The molecule has 1 fully saturated rings. The van der Waals surface area contributed by atoms with Gasteiger partial charge < -0.3 is 9.88 Å². The molecule has 136 valence electrons. The summed E-state index contributed by atoms with van der Waals surface area (Å²) >= 11 is 0. The minimum absolute atomic E-state index is 0.0843. The Morgan fingerprint density at radius 3 is 2.81 bits per heavy atom. The summed E-state index contributed by atoms with van der Waals surface area (Å²) in [7, 11) is 0. The number of hydrogen-bond donors (Lipinski definition) is 3. The predicted octanol–water partition coefficient (Wildman–Crippen LogP) is 2.62. The lowest BCUT2D eigenvalue weighted by molar-refractivity contribution is 0.394. The molecular formula is C20H24FN5. The SMILES string of the molecule is CC1NNCC1CNC(Cn1cnc2ccccc21)c1ccc(F)cc1. The number of hydrazine groups is 1. The molecular weight excluding hydrogens is 329 g/mol. The van der Waals surface area contributed by atoms with E-state index in [0.717, 1.165) is 36.2 Å². The monoisotopic (exact) mass is 353 g/mol. The third-order valence-corrected chi connectivity index (χ3v) is 5.21. The van der Waals surface area contributed by atoms with Crippen LogP contribution in [0.4, 0.5) is 4.39 Å². The number of halogens is 1. The molecule has 26 heavy (non-hydrogen) atoms. The molecule has 3 unspecified atom stereocenters. The van der Waals surface area contributed by atoms with Gasteiger partial charge in [0.05, 0.1) is 23.4 Å². The van der Waals surface area contributed by atoms with Gasteiger partial charge in [0.25, 0.3) is 0 Å². The number of rotatable bonds is 6. The zero-order chi connectivity index (χ0) is 17.9. The first-order valence-corrected chi connectivity index (χ1v) is 9.08. The van der Waals surface area contributed by atoms with Crippen LogP contribution in [0.15, 0.2) is 54.9 Å². The van der Waals surface area contributed by atoms with E-state index in [1.165, 1.54) is 12.1 Å². The van der Waals surface area contributed by atoms with Crippen LogP contribution in [0.2, 0.25) is 0 Å². The third-order valence-electron chi connectivity index (χ3n) is 5.21. The fourth-order valence-electron chi connectivity index (χ4n) is 3.52. The normalized spacial score (nSPS) is 21.3. The Morgan fingerprint density at radius 2 is 2.04 bits per heavy atom. The third kappa shape index (κ3) is 3.62. The molecule has 3 atom stereocenters. The highest BCUT2D eigenvalue weighted by atomic mass is 19.1. The minimum Gasteiger partial charge on any atom is -0.329 e. The van der Waals surface area contributed by atoms with Gasteiger partial charge in [-0.15, -0.1) is 0 Å². The number of nitrogens with zero attached hydrogens (tertiary/aromatic N) is 2. The minimum atomic E-state index is -0.210. The molecule has 0 amide bonds. The van der Waals surface area contributed by atoms with E-state index in [2.05, 4.69) is 38.7 Å². The standard InChI is InChI=1S/C20H24FN5/c1-14-16(11-24-25-14)10-22-19(15-6-8-17(21)9-7-15)12-26-13-23-18-4-2-3-5-20(18)26/h2-9,13-14,16,19,22,24-25H,10-12H2,1H3. The number of nitrogens with one attached hydrogen (secondary N) is 3. The average molecular weight is 353 g/mol. The van der Waals surface area contributed by atoms with Gasteiger partial charge in [0.2, 0.25) is 0 Å². The van der Waals surface area contributed by atoms with E-state index in [1.54, 1.807) is 0 Å². The molecule has 0 radical (unpaired) electrons. The van der Waals surface area contributed by atoms with Crippen molar-refractivity contribution >= 4 is 11.0 Å². The van der Waals surface area contributed by atoms with Crippen LogP contribution >= 0.6 is 0 Å². The van der Waals surface area contributed by atoms with Gasteiger partial charge in [-0.2, -0.15) is 0 Å². The number of aromatic nitrogens is 2. The fraction of sp³-hybridized carbons (Fsp3) is 0.350. The molecule has 0 saturated carbocycles. The van der Waals surface area contributed by atoms with Crippen molar-refractivity contribution in [3.63, 3.8) is 0 Å². The first kappa shape index (κ1) is 17.1. The largest absolute Gasteiger partial charge is 0.329 e. The maximum Gasteiger partial charge on any atom is 0.123 e. The lowest BCUT2D eigenvalue weighted by Gasteiger charge is -2.23. The molecule has 5 nitrogen and oxygen atoms in total. The molecule has 3 aromatic rings. The van der Waals surface area contributed by atoms with Crippen LogP contribution in [0.1, 0.15) is 18.5 Å². The van der Waals surface area contributed by atoms with Gasteiger partial charge in [-0.1, -0.05) is 24.3 Å². The first-order chi connectivity index (χ1) is 12.7. The molecule has 1 aliphatic heterocycles. The molecule has 1 saturated heterocycles. The Bertz CT molecular complexity index is 860. The highest BCUT2D eigenvalue weighted by Gasteiger charge is 2.24. The van der Waals surface area contributed by atoms with Gasteiger partial charge in [0.15, 0.2) is 0 Å². The highest BCUT2D eigenvalue weighted by molar-refractivity contribution is 5.74. The lowest BCUT2D eigenvalue weighted by atomic mass is 10.0. The highest BCUT2D eigenvalue weighted by Crippen LogP contribution is 2.20. The van der Waals surface area contributed by atoms with Crippen LogP contribution in [0, 0.1) is 11.7 Å². The molecule has 2 aromatic carbocycles. The summed E-state index contributed by atoms with van der Waals surface area (Å²) in [6.45, 7) is 4.75. The number of benzene rings is 2. The van der Waals surface area contributed by atoms with Gasteiger partial charge in [-0.3, -0.25) is 10.9 Å². The summed E-state index contributed by atoms with van der Waals surface area (Å²) in [4.78, 5) is 4.48. The summed E-state index contributed by atoms with van der Waals surface area (Å²) < 4.78 is 15.5. The van der Waals surface area contributed by atoms with E-state index < -0.39 is 0 Å². The molecule has 1 aromatic heterocycles. The second-order valence-corrected chi connectivity index (χ2v) is 6.97. The van der Waals surface area contributed by atoms with E-state index in [4.69, 9.17) is 0 Å². The van der Waals surface area contributed by atoms with Gasteiger partial charge >= 0.3 is 0 Å². The Hall–Kier alpha value is -2.28. The number of para-hydroxylation sites is 2. The summed E-state index contributed by atoms with van der Waals surface area (Å²) in [6, 6.07) is 15.4. The number of fused-ring (bicyclic) bond motifs is 1. The van der Waals surface area contributed by atoms with Gasteiger partial charge in [-0.05, 0) is 36.8 Å². The van der Waals surface area contributed by atoms with Crippen molar-refractivity contribution in [2.75, 3.05) is 13.1 Å². The van der Waals surface area contributed by atoms with Crippen LogP contribution < -0.4 is 16.2 Å². The average Bonchev–Trinajstić information content (AvgIpc) is 3.26. The van der Waals surface area contributed by atoms with Gasteiger partial charge in [-0.25, -0.2) is 9.37 Å². The zero-order valence-electron chi connectivity index (χ0n) is 14.8. The topological polar surface area (TPSA) is 53.9 Å². The Morgan fingerprint density at radius 1 is 1.23 bits per heavy atom. The van der Waals surface area contributed by atoms with Crippen molar-refractivity contribution in [1.82, 2.24) is 25.7 Å². The van der Waals surface area contributed by atoms with Crippen LogP contribution in [0.25, 0.3) is 11.0 Å². The quantitative estimate of drug-likeness (QED) is 0.638. The molecule has 6 heteroatoms. The summed E-state index contributed by atoms with van der Waals surface area (Å²) in [5.41, 5.74) is 9.64. The fourth-order valence-corrected chi connectivity index (χ4v) is 3.52. The van der Waals surface area contributed by atoms with E-state index >= 15 is 0 Å². The summed E-state index contributed by atoms with van der Waals surface area (Å²) in [5, 5.41) is 3.68. The predicted molar refractivity (Wildman–Crippen MR) is 101 cm³/mol. The first-order valence-electron chi connectivity index (χ1n) is 9.08. The Kier molecular flexibility index (Phi) is 4.97.